The topological polar surface area (TPSA) is 160 Å². The minimum absolute atomic E-state index is 0.0525. The summed E-state index contributed by atoms with van der Waals surface area (Å²) in [6.45, 7) is 7.94. The number of hydrogen-bond donors (Lipinski definition) is 2. The van der Waals surface area contributed by atoms with Crippen LogP contribution in [0, 0.1) is 23.3 Å². The van der Waals surface area contributed by atoms with Gasteiger partial charge in [0.15, 0.2) is 6.29 Å². The number of nitrogens with zero attached hydrogens (tertiary/aromatic N) is 7. The molecule has 0 amide bonds. The van der Waals surface area contributed by atoms with Crippen LogP contribution in [0.4, 0.5) is 28.9 Å². The summed E-state index contributed by atoms with van der Waals surface area (Å²) in [5.74, 6) is 2.57. The molecule has 1 saturated heterocycles. The average Bonchev–Trinajstić information content (AvgIpc) is 1.54. The maximum Gasteiger partial charge on any atom is 0.495 e. The van der Waals surface area contributed by atoms with E-state index in [1.54, 1.807) is 46.3 Å². The van der Waals surface area contributed by atoms with Gasteiger partial charge in [-0.25, -0.2) is 37.5 Å². The SMILES string of the molecule is CC1(C)OB(c2cc(F)c3c(c2)OC(c2cnc(C4CC4)s2)n2c-3cc3cc(Cl)ccc32)OC1(C)C.Fc1cc(Br)cc2c1-c1cc3cc(Cl)ccc3n1C(c1cnc(C3CC3)s1)O2.Fc1cc(Br)cc2c1C1Cc3cc(Cl)ccc3N1C(c1cnc(C3CC3)s1)O2.O=Cc1cnc(C2CC2)s1.Oc1cc(Br)cc(F)c1C1Cc2cc(Cl)ccc2N1. The van der Waals surface area contributed by atoms with E-state index in [2.05, 4.69) is 87.1 Å². The van der Waals surface area contributed by atoms with Gasteiger partial charge in [0.2, 0.25) is 18.7 Å². The van der Waals surface area contributed by atoms with Gasteiger partial charge in [-0.15, -0.1) is 45.3 Å². The summed E-state index contributed by atoms with van der Waals surface area (Å²) in [7, 11) is -0.687. The van der Waals surface area contributed by atoms with E-state index in [0.717, 1.165) is 96.5 Å². The van der Waals surface area contributed by atoms with Crippen LogP contribution in [0.1, 0.15) is 200 Å². The molecule has 4 aliphatic carbocycles. The number of thiazole rings is 4. The number of nitrogens with one attached hydrogen (secondary N) is 1. The smallest absolute Gasteiger partial charge is 0.495 e. The first-order chi connectivity index (χ1) is 58.2. The third kappa shape index (κ3) is 15.8. The van der Waals surface area contributed by atoms with Crippen LogP contribution in [0.25, 0.3) is 44.3 Å². The average molecular weight is 1970 g/mol. The van der Waals surface area contributed by atoms with Crippen LogP contribution in [0.3, 0.4) is 0 Å². The third-order valence-electron chi connectivity index (χ3n) is 23.6. The van der Waals surface area contributed by atoms with Crippen molar-refractivity contribution in [2.24, 2.45) is 0 Å². The number of aromatic hydroxyl groups is 1. The molecule has 15 nitrogen and oxygen atoms in total. The zero-order valence-corrected chi connectivity index (χ0v) is 75.8. The van der Waals surface area contributed by atoms with Gasteiger partial charge in [0.05, 0.1) is 107 Å². The van der Waals surface area contributed by atoms with Crippen LogP contribution in [0.2, 0.25) is 20.1 Å². The van der Waals surface area contributed by atoms with Gasteiger partial charge in [0, 0.05) is 104 Å². The molecule has 0 bridgehead atoms. The van der Waals surface area contributed by atoms with Gasteiger partial charge in [-0.1, -0.05) is 94.2 Å². The lowest BCUT2D eigenvalue weighted by atomic mass is 9.78. The molecule has 5 atom stereocenters. The molecule has 8 aromatic carbocycles. The summed E-state index contributed by atoms with van der Waals surface area (Å²) < 4.78 is 97.4. The van der Waals surface area contributed by atoms with Crippen molar-refractivity contribution in [2.75, 3.05) is 10.2 Å². The third-order valence-corrected chi connectivity index (χ3v) is 30.6. The molecule has 5 fully saturated rings. The minimum Gasteiger partial charge on any atom is -0.507 e. The van der Waals surface area contributed by atoms with Gasteiger partial charge < -0.3 is 38.8 Å². The van der Waals surface area contributed by atoms with Gasteiger partial charge in [-0.2, -0.15) is 0 Å². The van der Waals surface area contributed by atoms with Gasteiger partial charge >= 0.3 is 7.12 Å². The molecule has 14 aromatic rings. The zero-order valence-electron chi connectivity index (χ0n) is 64.8. The second kappa shape index (κ2) is 32.0. The predicted octanol–water partition coefficient (Wildman–Crippen LogP) is 27.1. The summed E-state index contributed by atoms with van der Waals surface area (Å²) in [6, 6.07) is 39.2. The molecule has 10 aliphatic rings. The first-order valence-corrected chi connectivity index (χ1v) is 46.7. The fourth-order valence-corrected chi connectivity index (χ4v) is 22.6. The highest BCUT2D eigenvalue weighted by Gasteiger charge is 2.53. The molecule has 12 heterocycles. The number of rotatable bonds is 10. The fourth-order valence-electron chi connectivity index (χ4n) is 16.4. The Kier molecular flexibility index (Phi) is 21.5. The molecular formula is C90H70BBr3Cl4F4N8O7S4. The van der Waals surface area contributed by atoms with Crippen molar-refractivity contribution in [3.8, 4) is 45.5 Å². The van der Waals surface area contributed by atoms with E-state index < -0.39 is 30.4 Å². The molecule has 0 radical (unpaired) electrons. The van der Waals surface area contributed by atoms with Crippen LogP contribution in [-0.4, -0.2) is 58.8 Å². The molecule has 31 heteroatoms. The van der Waals surface area contributed by atoms with Crippen molar-refractivity contribution >= 4 is 192 Å². The number of carbonyl (C=O) groups excluding carboxylic acids is 1. The molecule has 2 N–H and O–H groups in total. The Morgan fingerprint density at radius 2 is 0.942 bits per heavy atom. The van der Waals surface area contributed by atoms with Crippen molar-refractivity contribution < 1.29 is 51.0 Å². The number of benzene rings is 8. The summed E-state index contributed by atoms with van der Waals surface area (Å²) >= 11 is 41.2. The summed E-state index contributed by atoms with van der Waals surface area (Å²) in [6.07, 6.45) is 18.1. The van der Waals surface area contributed by atoms with Crippen molar-refractivity contribution in [3.63, 3.8) is 0 Å². The Morgan fingerprint density at radius 3 is 1.47 bits per heavy atom. The first-order valence-electron chi connectivity index (χ1n) is 39.6. The van der Waals surface area contributed by atoms with Gasteiger partial charge in [-0.05, 0) is 242 Å². The number of hydrogen-bond acceptors (Lipinski definition) is 17. The Bertz CT molecular complexity index is 6490. The molecule has 5 unspecified atom stereocenters. The van der Waals surface area contributed by atoms with Crippen LogP contribution in [-0.2, 0) is 22.2 Å². The number of ether oxygens (including phenoxy) is 3. The molecule has 4 saturated carbocycles. The molecule has 24 rings (SSSR count). The van der Waals surface area contributed by atoms with E-state index in [0.29, 0.717) is 109 Å². The van der Waals surface area contributed by atoms with E-state index in [1.165, 1.54) is 98.0 Å². The Labute approximate surface area is 754 Å². The lowest BCUT2D eigenvalue weighted by molar-refractivity contribution is 0.00578. The lowest BCUT2D eigenvalue weighted by Crippen LogP contribution is -2.41. The Morgan fingerprint density at radius 1 is 0.496 bits per heavy atom. The molecule has 6 aliphatic heterocycles. The highest BCUT2D eigenvalue weighted by molar-refractivity contribution is 9.11. The number of aromatic nitrogens is 6. The van der Waals surface area contributed by atoms with Crippen molar-refractivity contribution in [3.05, 3.63) is 277 Å². The maximum absolute atomic E-state index is 15.9. The van der Waals surface area contributed by atoms with Crippen LogP contribution < -0.4 is 29.9 Å². The minimum atomic E-state index is -0.687. The highest BCUT2D eigenvalue weighted by atomic mass is 79.9. The van der Waals surface area contributed by atoms with Gasteiger partial charge in [0.1, 0.15) is 46.3 Å². The quantitative estimate of drug-likeness (QED) is 0.0757. The van der Waals surface area contributed by atoms with E-state index in [4.69, 9.17) is 69.9 Å². The predicted molar refractivity (Wildman–Crippen MR) is 483 cm³/mol. The largest absolute Gasteiger partial charge is 0.507 e. The van der Waals surface area contributed by atoms with Crippen LogP contribution >= 0.6 is 140 Å². The fraction of sp³-hybridized carbons (Fsp3) is 0.278. The summed E-state index contributed by atoms with van der Waals surface area (Å²) in [4.78, 5) is 34.3. The first kappa shape index (κ1) is 81.5. The molecule has 121 heavy (non-hydrogen) atoms. The van der Waals surface area contributed by atoms with Crippen LogP contribution in [0.5, 0.6) is 23.0 Å². The number of fused-ring (bicyclic) bond motifs is 16. The van der Waals surface area contributed by atoms with E-state index in [1.807, 2.05) is 143 Å². The molecule has 616 valence electrons. The highest BCUT2D eigenvalue weighted by Crippen LogP contribution is 2.57. The standard InChI is InChI=1S/C27H25BClFN2O3S.C21H15BrClFN2OS.C21H13BrClFN2OS.C14H10BrClFNO.C7H7NOS/c1-26(2)27(3,4)35-28(34-26)16-11-18(30)23-20-10-15-9-17(29)7-8-19(15)32(20)25(33-21(23)12-16)22-13-31-24(36-22)14-5-6-14;2*22-12-7-14(24)19-16-6-11-5-13(23)3-4-15(11)26(16)21(27-17(19)8-12)18-9-25-20(28-18)10-1-2-10;15-8-5-10(17)14(13(19)6-8)12-4-7-3-9(16)1-2-11(7)18-12;9-4-6-3-8-7(10-6)5-1-2-5/h7-14,25H,5-6H2,1-4H3;3-5,7-10,16,21H,1-2,6H2;3-10,21H,1-2H2;1-3,5-6,12,18-19H,4H2;3-5H,1-2H2. The van der Waals surface area contributed by atoms with Crippen molar-refractivity contribution in [1.29, 1.82) is 0 Å². The normalized spacial score (nSPS) is 20.0. The van der Waals surface area contributed by atoms with E-state index in [9.17, 15) is 23.1 Å². The van der Waals surface area contributed by atoms with Crippen molar-refractivity contribution in [1.82, 2.24) is 29.1 Å². The lowest BCUT2D eigenvalue weighted by Gasteiger charge is -2.40. The zero-order chi connectivity index (χ0) is 83.5. The van der Waals surface area contributed by atoms with E-state index in [-0.39, 0.29) is 53.3 Å². The Balaban J connectivity index is 0.000000101. The Hall–Kier alpha value is -7.87. The summed E-state index contributed by atoms with van der Waals surface area (Å²) in [5.41, 5.74) is 8.88. The van der Waals surface area contributed by atoms with Gasteiger partial charge in [-0.3, -0.25) is 13.9 Å². The number of aldehydes is 1. The number of anilines is 2. The monoisotopic (exact) mass is 1970 g/mol. The molecule has 6 aromatic heterocycles. The number of halogens is 11. The molecule has 0 spiro atoms. The maximum atomic E-state index is 15.9. The van der Waals surface area contributed by atoms with E-state index >= 15 is 4.39 Å². The van der Waals surface area contributed by atoms with Crippen LogP contribution in [0.15, 0.2) is 172 Å². The summed E-state index contributed by atoms with van der Waals surface area (Å²) in [5, 5.41) is 22.3. The number of carbonyl (C=O) groups is 1. The second-order valence-electron chi connectivity index (χ2n) is 32.7. The number of phenols is 1. The molecular weight excluding hydrogens is 1900 g/mol. The number of phenolic OH excluding ortho intramolecular Hbond substituents is 1. The van der Waals surface area contributed by atoms with Crippen molar-refractivity contribution in [2.45, 2.75) is 158 Å². The second-order valence-corrected chi connectivity index (χ2v) is 41.5. The van der Waals surface area contributed by atoms with Gasteiger partial charge in [0.25, 0.3) is 0 Å².